The molecule has 27 heavy (non-hydrogen) atoms. The fourth-order valence-corrected chi connectivity index (χ4v) is 2.66. The van der Waals surface area contributed by atoms with Crippen LogP contribution in [0.2, 0.25) is 5.02 Å². The molecule has 6 heteroatoms. The molecule has 0 radical (unpaired) electrons. The second-order valence-electron chi connectivity index (χ2n) is 6.06. The minimum absolute atomic E-state index is 0.0218. The zero-order valence-electron chi connectivity index (χ0n) is 14.9. The first-order chi connectivity index (χ1) is 12.9. The molecule has 5 nitrogen and oxygen atoms in total. The van der Waals surface area contributed by atoms with Crippen molar-refractivity contribution in [2.75, 3.05) is 10.6 Å². The van der Waals surface area contributed by atoms with Crippen LogP contribution in [0.25, 0.3) is 0 Å². The van der Waals surface area contributed by atoms with Gasteiger partial charge in [-0.3, -0.25) is 9.59 Å². The number of ketones is 1. The minimum atomic E-state index is -0.308. The summed E-state index contributed by atoms with van der Waals surface area (Å²) in [5, 5.41) is 6.59. The van der Waals surface area contributed by atoms with Crippen molar-refractivity contribution in [3.63, 3.8) is 0 Å². The minimum Gasteiger partial charge on any atom is -0.354 e. The molecule has 0 atom stereocenters. The Labute approximate surface area is 162 Å². The van der Waals surface area contributed by atoms with Crippen LogP contribution in [-0.2, 0) is 0 Å². The smallest absolute Gasteiger partial charge is 0.274 e. The van der Waals surface area contributed by atoms with Crippen LogP contribution in [0.15, 0.2) is 60.8 Å². The van der Waals surface area contributed by atoms with E-state index in [2.05, 4.69) is 15.6 Å². The van der Waals surface area contributed by atoms with Crippen LogP contribution in [-0.4, -0.2) is 16.7 Å². The number of Topliss-reactive ketones (excluding diaryl/α,β-unsaturated/α-hetero) is 1. The van der Waals surface area contributed by atoms with Crippen molar-refractivity contribution in [1.29, 1.82) is 0 Å². The molecule has 0 unspecified atom stereocenters. The molecule has 0 saturated carbocycles. The SMILES string of the molecule is CC(=O)c1ccc(Nc2ccc(C(=O)Nc3cccc(Cl)c3C)nc2)cc1. The van der Waals surface area contributed by atoms with Gasteiger partial charge in [0.1, 0.15) is 5.69 Å². The van der Waals surface area contributed by atoms with Crippen molar-refractivity contribution in [3.8, 4) is 0 Å². The summed E-state index contributed by atoms with van der Waals surface area (Å²) in [5.41, 5.74) is 3.98. The van der Waals surface area contributed by atoms with E-state index in [0.29, 0.717) is 22.0 Å². The molecule has 0 aliphatic carbocycles. The van der Waals surface area contributed by atoms with Crippen molar-refractivity contribution < 1.29 is 9.59 Å². The maximum absolute atomic E-state index is 12.4. The van der Waals surface area contributed by atoms with E-state index in [1.54, 1.807) is 48.7 Å². The average Bonchev–Trinajstić information content (AvgIpc) is 2.66. The second-order valence-corrected chi connectivity index (χ2v) is 6.46. The van der Waals surface area contributed by atoms with Gasteiger partial charge in [-0.05, 0) is 67.9 Å². The number of halogens is 1. The van der Waals surface area contributed by atoms with Crippen LogP contribution in [0.4, 0.5) is 17.1 Å². The number of anilines is 3. The predicted molar refractivity (Wildman–Crippen MR) is 108 cm³/mol. The van der Waals surface area contributed by atoms with E-state index in [-0.39, 0.29) is 11.7 Å². The van der Waals surface area contributed by atoms with Gasteiger partial charge < -0.3 is 10.6 Å². The quantitative estimate of drug-likeness (QED) is 0.594. The van der Waals surface area contributed by atoms with E-state index in [9.17, 15) is 9.59 Å². The summed E-state index contributed by atoms with van der Waals surface area (Å²) in [5.74, 6) is -0.286. The molecular weight excluding hydrogens is 362 g/mol. The first-order valence-corrected chi connectivity index (χ1v) is 8.72. The van der Waals surface area contributed by atoms with Gasteiger partial charge >= 0.3 is 0 Å². The fourth-order valence-electron chi connectivity index (χ4n) is 2.49. The number of carbonyl (C=O) groups is 2. The first-order valence-electron chi connectivity index (χ1n) is 8.34. The molecule has 1 aromatic heterocycles. The lowest BCUT2D eigenvalue weighted by molar-refractivity contribution is 0.101. The van der Waals surface area contributed by atoms with Crippen molar-refractivity contribution >= 4 is 40.4 Å². The Morgan fingerprint density at radius 1 is 0.963 bits per heavy atom. The Bertz CT molecular complexity index is 983. The van der Waals surface area contributed by atoms with Crippen molar-refractivity contribution in [2.24, 2.45) is 0 Å². The third-order valence-electron chi connectivity index (χ3n) is 4.09. The molecule has 0 bridgehead atoms. The first kappa shape index (κ1) is 18.6. The van der Waals surface area contributed by atoms with Crippen LogP contribution in [0.5, 0.6) is 0 Å². The zero-order valence-corrected chi connectivity index (χ0v) is 15.7. The highest BCUT2D eigenvalue weighted by Crippen LogP contribution is 2.23. The third-order valence-corrected chi connectivity index (χ3v) is 4.50. The lowest BCUT2D eigenvalue weighted by Gasteiger charge is -2.10. The zero-order chi connectivity index (χ0) is 19.4. The number of aromatic nitrogens is 1. The maximum atomic E-state index is 12.4. The van der Waals surface area contributed by atoms with Crippen LogP contribution >= 0.6 is 11.6 Å². The summed E-state index contributed by atoms with van der Waals surface area (Å²) in [6.45, 7) is 3.37. The fraction of sp³-hybridized carbons (Fsp3) is 0.0952. The van der Waals surface area contributed by atoms with Crippen LogP contribution < -0.4 is 10.6 Å². The number of carbonyl (C=O) groups excluding carboxylic acids is 2. The Morgan fingerprint density at radius 2 is 1.67 bits per heavy atom. The van der Waals surface area contributed by atoms with E-state index in [1.807, 2.05) is 19.1 Å². The predicted octanol–water partition coefficient (Wildman–Crippen LogP) is 5.24. The number of hydrogen-bond donors (Lipinski definition) is 2. The summed E-state index contributed by atoms with van der Waals surface area (Å²) in [6.07, 6.45) is 1.58. The molecule has 0 spiro atoms. The number of amides is 1. The number of nitrogens with one attached hydrogen (secondary N) is 2. The highest BCUT2D eigenvalue weighted by Gasteiger charge is 2.10. The summed E-state index contributed by atoms with van der Waals surface area (Å²) in [7, 11) is 0. The van der Waals surface area contributed by atoms with Crippen molar-refractivity contribution in [2.45, 2.75) is 13.8 Å². The second kappa shape index (κ2) is 8.01. The number of hydrogen-bond acceptors (Lipinski definition) is 4. The lowest BCUT2D eigenvalue weighted by atomic mass is 10.1. The molecule has 1 heterocycles. The molecule has 0 fully saturated rings. The largest absolute Gasteiger partial charge is 0.354 e. The van der Waals surface area contributed by atoms with Gasteiger partial charge in [0.15, 0.2) is 5.78 Å². The molecule has 3 rings (SSSR count). The Morgan fingerprint density at radius 3 is 2.30 bits per heavy atom. The van der Waals surface area contributed by atoms with Gasteiger partial charge in [-0.2, -0.15) is 0 Å². The van der Waals surface area contributed by atoms with Gasteiger partial charge in [0.2, 0.25) is 0 Å². The summed E-state index contributed by atoms with van der Waals surface area (Å²) >= 11 is 6.07. The van der Waals surface area contributed by atoms with E-state index in [0.717, 1.165) is 16.9 Å². The van der Waals surface area contributed by atoms with Crippen molar-refractivity contribution in [1.82, 2.24) is 4.98 Å². The Balaban J connectivity index is 1.68. The molecule has 2 N–H and O–H groups in total. The molecular formula is C21H18ClN3O2. The highest BCUT2D eigenvalue weighted by molar-refractivity contribution is 6.31. The molecule has 2 aromatic carbocycles. The number of benzene rings is 2. The molecule has 136 valence electrons. The molecule has 0 saturated heterocycles. The Kier molecular flexibility index (Phi) is 5.52. The number of nitrogens with zero attached hydrogens (tertiary/aromatic N) is 1. The van der Waals surface area contributed by atoms with Gasteiger partial charge in [0.25, 0.3) is 5.91 Å². The van der Waals surface area contributed by atoms with Crippen molar-refractivity contribution in [3.05, 3.63) is 82.6 Å². The number of pyridine rings is 1. The standard InChI is InChI=1S/C21H18ClN3O2/c1-13-18(22)4-3-5-19(13)25-21(27)20-11-10-17(12-23-20)24-16-8-6-15(7-9-16)14(2)26/h3-12,24H,1-2H3,(H,25,27). The van der Waals surface area contributed by atoms with Gasteiger partial charge in [-0.15, -0.1) is 0 Å². The maximum Gasteiger partial charge on any atom is 0.274 e. The highest BCUT2D eigenvalue weighted by atomic mass is 35.5. The van der Waals surface area contributed by atoms with Crippen LogP contribution in [0.1, 0.15) is 33.3 Å². The van der Waals surface area contributed by atoms with E-state index < -0.39 is 0 Å². The molecule has 0 aliphatic rings. The van der Waals surface area contributed by atoms with Crippen LogP contribution in [0, 0.1) is 6.92 Å². The van der Waals surface area contributed by atoms with Crippen LogP contribution in [0.3, 0.4) is 0 Å². The molecule has 0 aliphatic heterocycles. The monoisotopic (exact) mass is 379 g/mol. The normalized spacial score (nSPS) is 10.3. The van der Waals surface area contributed by atoms with Gasteiger partial charge in [-0.1, -0.05) is 17.7 Å². The Hall–Kier alpha value is -3.18. The third kappa shape index (κ3) is 4.51. The summed E-state index contributed by atoms with van der Waals surface area (Å²) in [4.78, 5) is 27.9. The summed E-state index contributed by atoms with van der Waals surface area (Å²) < 4.78 is 0. The van der Waals surface area contributed by atoms with Gasteiger partial charge in [-0.25, -0.2) is 4.98 Å². The van der Waals surface area contributed by atoms with E-state index in [4.69, 9.17) is 11.6 Å². The van der Waals surface area contributed by atoms with Gasteiger partial charge in [0.05, 0.1) is 11.9 Å². The topological polar surface area (TPSA) is 71.1 Å². The molecule has 3 aromatic rings. The van der Waals surface area contributed by atoms with E-state index in [1.165, 1.54) is 6.92 Å². The lowest BCUT2D eigenvalue weighted by Crippen LogP contribution is -2.14. The number of rotatable bonds is 5. The molecule has 1 amide bonds. The van der Waals surface area contributed by atoms with E-state index >= 15 is 0 Å². The van der Waals surface area contributed by atoms with Gasteiger partial charge in [0, 0.05) is 22.0 Å². The average molecular weight is 380 g/mol. The summed E-state index contributed by atoms with van der Waals surface area (Å²) in [6, 6.07) is 15.9.